The van der Waals surface area contributed by atoms with Crippen molar-refractivity contribution in [3.8, 4) is 11.1 Å². The number of benzene rings is 2. The molecule has 3 aromatic rings. The summed E-state index contributed by atoms with van der Waals surface area (Å²) in [7, 11) is 0. The smallest absolute Gasteiger partial charge is 0.258 e. The van der Waals surface area contributed by atoms with Gasteiger partial charge in [0.25, 0.3) is 5.56 Å². The molecule has 128 valence electrons. The molecule has 0 aliphatic carbocycles. The fourth-order valence-corrected chi connectivity index (χ4v) is 2.98. The molecule has 1 aromatic heterocycles. The molecule has 0 unspecified atom stereocenters. The first kappa shape index (κ1) is 16.9. The number of anilines is 1. The Balaban J connectivity index is 2.33. The van der Waals surface area contributed by atoms with Gasteiger partial charge in [0.15, 0.2) is 0 Å². The maximum Gasteiger partial charge on any atom is 0.258 e. The number of amides is 1. The summed E-state index contributed by atoms with van der Waals surface area (Å²) in [6.07, 6.45) is 2.44. The molecule has 0 bridgehead atoms. The summed E-state index contributed by atoms with van der Waals surface area (Å²) >= 11 is 0. The van der Waals surface area contributed by atoms with Crippen LogP contribution in [0.3, 0.4) is 0 Å². The topological polar surface area (TPSA) is 68.3 Å². The fraction of sp³-hybridized carbons (Fsp3) is 0.200. The van der Waals surface area contributed by atoms with E-state index >= 15 is 0 Å². The van der Waals surface area contributed by atoms with Gasteiger partial charge >= 0.3 is 0 Å². The van der Waals surface area contributed by atoms with Crippen LogP contribution in [0.1, 0.15) is 13.8 Å². The zero-order chi connectivity index (χ0) is 18.0. The maximum atomic E-state index is 12.8. The van der Waals surface area contributed by atoms with Crippen LogP contribution < -0.4 is 16.4 Å². The number of aromatic nitrogens is 1. The van der Waals surface area contributed by atoms with Crippen molar-refractivity contribution >= 4 is 22.9 Å². The monoisotopic (exact) mass is 335 g/mol. The summed E-state index contributed by atoms with van der Waals surface area (Å²) in [5.41, 5.74) is 2.46. The van der Waals surface area contributed by atoms with Gasteiger partial charge in [0, 0.05) is 23.7 Å². The van der Waals surface area contributed by atoms with Gasteiger partial charge in [-0.2, -0.15) is 0 Å². The Labute approximate surface area is 146 Å². The molecule has 0 fully saturated rings. The van der Waals surface area contributed by atoms with E-state index in [4.69, 9.17) is 5.84 Å². The summed E-state index contributed by atoms with van der Waals surface area (Å²) in [4.78, 5) is 23.8. The minimum atomic E-state index is -0.0374. The first-order valence-electron chi connectivity index (χ1n) is 8.23. The highest BCUT2D eigenvalue weighted by molar-refractivity contribution is 5.98. The Morgan fingerprint density at radius 3 is 2.48 bits per heavy atom. The number of hydrazine groups is 1. The molecule has 3 rings (SSSR count). The molecule has 5 heteroatoms. The van der Waals surface area contributed by atoms with Crippen LogP contribution in [0.25, 0.3) is 21.9 Å². The SMILES string of the molecule is CC(C)Cn1cc(-c2ccccc2)c2cc(N(N)C=O)ccc2c1=O. The molecule has 5 nitrogen and oxygen atoms in total. The number of pyridine rings is 1. The van der Waals surface area contributed by atoms with E-state index in [0.29, 0.717) is 29.9 Å². The molecule has 0 aliphatic rings. The zero-order valence-corrected chi connectivity index (χ0v) is 14.3. The number of fused-ring (bicyclic) bond motifs is 1. The Hall–Kier alpha value is -2.92. The normalized spacial score (nSPS) is 11.0. The second kappa shape index (κ2) is 6.91. The van der Waals surface area contributed by atoms with Crippen LogP contribution in [-0.4, -0.2) is 11.0 Å². The molecular formula is C20H21N3O2. The lowest BCUT2D eigenvalue weighted by molar-refractivity contribution is -0.107. The summed E-state index contributed by atoms with van der Waals surface area (Å²) in [5.74, 6) is 6.04. The quantitative estimate of drug-likeness (QED) is 0.337. The van der Waals surface area contributed by atoms with Crippen LogP contribution >= 0.6 is 0 Å². The highest BCUT2D eigenvalue weighted by atomic mass is 16.1. The Bertz CT molecular complexity index is 962. The average molecular weight is 335 g/mol. The zero-order valence-electron chi connectivity index (χ0n) is 14.3. The predicted molar refractivity (Wildman–Crippen MR) is 101 cm³/mol. The molecule has 1 heterocycles. The van der Waals surface area contributed by atoms with Gasteiger partial charge in [-0.3, -0.25) is 14.6 Å². The first-order chi connectivity index (χ1) is 12.0. The molecule has 0 saturated heterocycles. The van der Waals surface area contributed by atoms with Crippen LogP contribution in [0.5, 0.6) is 0 Å². The van der Waals surface area contributed by atoms with Gasteiger partial charge in [0.2, 0.25) is 6.41 Å². The minimum absolute atomic E-state index is 0.0374. The number of carbonyl (C=O) groups is 1. The minimum Gasteiger partial charge on any atom is -0.314 e. The third-order valence-electron chi connectivity index (χ3n) is 4.13. The second-order valence-corrected chi connectivity index (χ2v) is 6.50. The van der Waals surface area contributed by atoms with E-state index in [2.05, 4.69) is 13.8 Å². The third kappa shape index (κ3) is 3.32. The van der Waals surface area contributed by atoms with E-state index in [9.17, 15) is 9.59 Å². The first-order valence-corrected chi connectivity index (χ1v) is 8.23. The molecule has 25 heavy (non-hydrogen) atoms. The van der Waals surface area contributed by atoms with E-state index in [0.717, 1.165) is 21.5 Å². The van der Waals surface area contributed by atoms with Gasteiger partial charge in [-0.1, -0.05) is 44.2 Å². The maximum absolute atomic E-state index is 12.8. The van der Waals surface area contributed by atoms with E-state index in [-0.39, 0.29) is 5.56 Å². The van der Waals surface area contributed by atoms with Gasteiger partial charge in [-0.25, -0.2) is 5.84 Å². The van der Waals surface area contributed by atoms with Crippen LogP contribution in [0.15, 0.2) is 59.5 Å². The predicted octanol–water partition coefficient (Wildman–Crippen LogP) is 3.16. The number of nitrogens with two attached hydrogens (primary N) is 1. The summed E-state index contributed by atoms with van der Waals surface area (Å²) < 4.78 is 1.76. The Morgan fingerprint density at radius 2 is 1.84 bits per heavy atom. The number of carbonyl (C=O) groups excluding carboxylic acids is 1. The second-order valence-electron chi connectivity index (χ2n) is 6.50. The highest BCUT2D eigenvalue weighted by Gasteiger charge is 2.13. The van der Waals surface area contributed by atoms with Crippen LogP contribution in [0.4, 0.5) is 5.69 Å². The van der Waals surface area contributed by atoms with Gasteiger partial charge < -0.3 is 4.57 Å². The number of hydrogen-bond donors (Lipinski definition) is 1. The van der Waals surface area contributed by atoms with Crippen molar-refractivity contribution in [3.05, 3.63) is 65.1 Å². The van der Waals surface area contributed by atoms with Crippen molar-refractivity contribution in [3.63, 3.8) is 0 Å². The molecule has 2 N–H and O–H groups in total. The van der Waals surface area contributed by atoms with Crippen molar-refractivity contribution in [2.24, 2.45) is 11.8 Å². The van der Waals surface area contributed by atoms with Gasteiger partial charge in [0.1, 0.15) is 0 Å². The van der Waals surface area contributed by atoms with Crippen LogP contribution in [0, 0.1) is 5.92 Å². The highest BCUT2D eigenvalue weighted by Crippen LogP contribution is 2.29. The van der Waals surface area contributed by atoms with Gasteiger partial charge in [-0.05, 0) is 35.1 Å². The third-order valence-corrected chi connectivity index (χ3v) is 4.13. The molecule has 0 saturated carbocycles. The van der Waals surface area contributed by atoms with Crippen molar-refractivity contribution in [2.45, 2.75) is 20.4 Å². The number of hydrogen-bond acceptors (Lipinski definition) is 3. The summed E-state index contributed by atoms with van der Waals surface area (Å²) in [5, 5.41) is 2.41. The Kier molecular flexibility index (Phi) is 4.67. The standard InChI is InChI=1S/C20H21N3O2/c1-14(2)11-22-12-19(15-6-4-3-5-7-15)18-10-16(23(21)13-24)8-9-17(18)20(22)25/h3-10,12-14H,11,21H2,1-2H3. The summed E-state index contributed by atoms with van der Waals surface area (Å²) in [6.45, 7) is 4.81. The van der Waals surface area contributed by atoms with Crippen molar-refractivity contribution in [1.29, 1.82) is 0 Å². The van der Waals surface area contributed by atoms with Crippen LogP contribution in [0.2, 0.25) is 0 Å². The van der Waals surface area contributed by atoms with Crippen molar-refractivity contribution in [1.82, 2.24) is 4.57 Å². The molecular weight excluding hydrogens is 314 g/mol. The van der Waals surface area contributed by atoms with E-state index in [1.165, 1.54) is 0 Å². The van der Waals surface area contributed by atoms with Crippen molar-refractivity contribution < 1.29 is 4.79 Å². The Morgan fingerprint density at radius 1 is 1.12 bits per heavy atom. The lowest BCUT2D eigenvalue weighted by Gasteiger charge is -2.16. The number of nitrogens with zero attached hydrogens (tertiary/aromatic N) is 2. The van der Waals surface area contributed by atoms with E-state index < -0.39 is 0 Å². The largest absolute Gasteiger partial charge is 0.314 e. The fourth-order valence-electron chi connectivity index (χ4n) is 2.98. The lowest BCUT2D eigenvalue weighted by atomic mass is 9.99. The summed E-state index contributed by atoms with van der Waals surface area (Å²) in [6, 6.07) is 15.1. The molecule has 2 aromatic carbocycles. The molecule has 1 amide bonds. The van der Waals surface area contributed by atoms with E-state index in [1.807, 2.05) is 36.5 Å². The lowest BCUT2D eigenvalue weighted by Crippen LogP contribution is -2.29. The molecule has 0 atom stereocenters. The van der Waals surface area contributed by atoms with E-state index in [1.54, 1.807) is 22.8 Å². The van der Waals surface area contributed by atoms with Gasteiger partial charge in [-0.15, -0.1) is 0 Å². The van der Waals surface area contributed by atoms with Crippen molar-refractivity contribution in [2.75, 3.05) is 5.01 Å². The average Bonchev–Trinajstić information content (AvgIpc) is 2.63. The molecule has 0 spiro atoms. The number of rotatable bonds is 5. The van der Waals surface area contributed by atoms with Crippen LogP contribution in [-0.2, 0) is 11.3 Å². The van der Waals surface area contributed by atoms with Gasteiger partial charge in [0.05, 0.1) is 5.69 Å². The molecule has 0 aliphatic heterocycles. The molecule has 0 radical (unpaired) electrons.